The molecule has 1 fully saturated rings. The SMILES string of the molecule is Cc1cc(NC(=O)c2cccc(F)c2)sc1C(=O)NCCCN1CCN(c2ccccc2)CC1. The molecule has 178 valence electrons. The van der Waals surface area contributed by atoms with E-state index in [1.165, 1.54) is 35.2 Å². The van der Waals surface area contributed by atoms with E-state index in [2.05, 4.69) is 44.7 Å². The highest BCUT2D eigenvalue weighted by Crippen LogP contribution is 2.27. The molecular formula is C26H29FN4O2S. The molecule has 0 saturated carbocycles. The highest BCUT2D eigenvalue weighted by Gasteiger charge is 2.18. The van der Waals surface area contributed by atoms with E-state index in [0.717, 1.165) is 44.7 Å². The standard InChI is InChI=1S/C26H29FN4O2S/c1-19-17-23(29-25(32)20-7-5-8-21(27)18-20)34-24(19)26(33)28-11-6-12-30-13-15-31(16-14-30)22-9-3-2-4-10-22/h2-5,7-10,17-18H,6,11-16H2,1H3,(H,28,33)(H,29,32). The van der Waals surface area contributed by atoms with E-state index < -0.39 is 11.7 Å². The van der Waals surface area contributed by atoms with Crippen LogP contribution in [-0.4, -0.2) is 56.0 Å². The first kappa shape index (κ1) is 23.9. The summed E-state index contributed by atoms with van der Waals surface area (Å²) in [4.78, 5) is 30.4. The largest absolute Gasteiger partial charge is 0.369 e. The lowest BCUT2D eigenvalue weighted by atomic mass is 10.2. The molecule has 0 bridgehead atoms. The molecule has 0 radical (unpaired) electrons. The summed E-state index contributed by atoms with van der Waals surface area (Å²) in [6.45, 7) is 7.43. The van der Waals surface area contributed by atoms with Crippen molar-refractivity contribution in [3.63, 3.8) is 0 Å². The number of hydrogen-bond acceptors (Lipinski definition) is 5. The molecular weight excluding hydrogens is 451 g/mol. The quantitative estimate of drug-likeness (QED) is 0.470. The van der Waals surface area contributed by atoms with Crippen molar-refractivity contribution in [3.8, 4) is 0 Å². The lowest BCUT2D eigenvalue weighted by Crippen LogP contribution is -2.47. The molecule has 0 unspecified atom stereocenters. The van der Waals surface area contributed by atoms with E-state index in [1.54, 1.807) is 12.1 Å². The topological polar surface area (TPSA) is 64.7 Å². The molecule has 8 heteroatoms. The number of anilines is 2. The molecule has 2 N–H and O–H groups in total. The summed E-state index contributed by atoms with van der Waals surface area (Å²) in [6, 6.07) is 17.8. The van der Waals surface area contributed by atoms with Gasteiger partial charge in [-0.2, -0.15) is 0 Å². The van der Waals surface area contributed by atoms with Crippen molar-refractivity contribution in [2.75, 3.05) is 49.5 Å². The Hall–Kier alpha value is -3.23. The summed E-state index contributed by atoms with van der Waals surface area (Å²) in [7, 11) is 0. The summed E-state index contributed by atoms with van der Waals surface area (Å²) in [5, 5.41) is 6.30. The number of nitrogens with one attached hydrogen (secondary N) is 2. The van der Waals surface area contributed by atoms with Gasteiger partial charge in [0.15, 0.2) is 0 Å². The van der Waals surface area contributed by atoms with E-state index in [4.69, 9.17) is 0 Å². The van der Waals surface area contributed by atoms with Crippen LogP contribution in [-0.2, 0) is 0 Å². The zero-order valence-electron chi connectivity index (χ0n) is 19.2. The number of amides is 2. The molecule has 2 amide bonds. The maximum Gasteiger partial charge on any atom is 0.261 e. The van der Waals surface area contributed by atoms with Gasteiger partial charge in [-0.25, -0.2) is 4.39 Å². The van der Waals surface area contributed by atoms with Gasteiger partial charge >= 0.3 is 0 Å². The third kappa shape index (κ3) is 6.21. The van der Waals surface area contributed by atoms with E-state index in [1.807, 2.05) is 13.0 Å². The number of thiophene rings is 1. The van der Waals surface area contributed by atoms with Crippen molar-refractivity contribution >= 4 is 33.8 Å². The van der Waals surface area contributed by atoms with Crippen LogP contribution in [0.25, 0.3) is 0 Å². The first-order valence-electron chi connectivity index (χ1n) is 11.5. The predicted molar refractivity (Wildman–Crippen MR) is 135 cm³/mol. The van der Waals surface area contributed by atoms with Gasteiger partial charge in [-0.3, -0.25) is 14.5 Å². The number of para-hydroxylation sites is 1. The summed E-state index contributed by atoms with van der Waals surface area (Å²) < 4.78 is 13.4. The average molecular weight is 481 g/mol. The summed E-state index contributed by atoms with van der Waals surface area (Å²) in [5.41, 5.74) is 2.31. The van der Waals surface area contributed by atoms with Crippen molar-refractivity contribution in [3.05, 3.63) is 82.5 Å². The fourth-order valence-corrected chi connectivity index (χ4v) is 5.02. The van der Waals surface area contributed by atoms with Crippen LogP contribution >= 0.6 is 11.3 Å². The van der Waals surface area contributed by atoms with Gasteiger partial charge in [-0.05, 0) is 61.9 Å². The minimum Gasteiger partial charge on any atom is -0.369 e. The third-order valence-corrected chi connectivity index (χ3v) is 7.03. The number of nitrogens with zero attached hydrogens (tertiary/aromatic N) is 2. The van der Waals surface area contributed by atoms with Gasteiger partial charge in [0.2, 0.25) is 0 Å². The minimum absolute atomic E-state index is 0.136. The van der Waals surface area contributed by atoms with Gasteiger partial charge < -0.3 is 15.5 Å². The fraction of sp³-hybridized carbons (Fsp3) is 0.308. The number of piperazine rings is 1. The van der Waals surface area contributed by atoms with Gasteiger partial charge in [-0.15, -0.1) is 11.3 Å². The molecule has 4 rings (SSSR count). The van der Waals surface area contributed by atoms with Gasteiger partial charge in [0.25, 0.3) is 11.8 Å². The molecule has 0 atom stereocenters. The second-order valence-electron chi connectivity index (χ2n) is 8.36. The molecule has 1 saturated heterocycles. The molecule has 34 heavy (non-hydrogen) atoms. The normalized spacial score (nSPS) is 14.1. The summed E-state index contributed by atoms with van der Waals surface area (Å²) in [6.07, 6.45) is 0.880. The van der Waals surface area contributed by atoms with Crippen LogP contribution in [0.5, 0.6) is 0 Å². The number of carbonyl (C=O) groups is 2. The highest BCUT2D eigenvalue weighted by atomic mass is 32.1. The van der Waals surface area contributed by atoms with Crippen molar-refractivity contribution in [2.45, 2.75) is 13.3 Å². The second-order valence-corrected chi connectivity index (χ2v) is 9.41. The first-order valence-corrected chi connectivity index (χ1v) is 12.3. The Morgan fingerprint density at radius 3 is 2.47 bits per heavy atom. The summed E-state index contributed by atoms with van der Waals surface area (Å²) in [5.74, 6) is -1.00. The minimum atomic E-state index is -0.465. The van der Waals surface area contributed by atoms with E-state index >= 15 is 0 Å². The van der Waals surface area contributed by atoms with Crippen molar-refractivity contribution < 1.29 is 14.0 Å². The van der Waals surface area contributed by atoms with E-state index in [-0.39, 0.29) is 11.5 Å². The Kier molecular flexibility index (Phi) is 7.92. The van der Waals surface area contributed by atoms with Crippen LogP contribution in [0.1, 0.15) is 32.0 Å². The Balaban J connectivity index is 1.19. The first-order chi connectivity index (χ1) is 16.5. The summed E-state index contributed by atoms with van der Waals surface area (Å²) >= 11 is 1.23. The number of benzene rings is 2. The molecule has 1 aliphatic heterocycles. The lowest BCUT2D eigenvalue weighted by molar-refractivity contribution is 0.0954. The lowest BCUT2D eigenvalue weighted by Gasteiger charge is -2.36. The molecule has 1 aliphatic rings. The number of aryl methyl sites for hydroxylation is 1. The van der Waals surface area contributed by atoms with Gasteiger partial charge in [-0.1, -0.05) is 24.3 Å². The highest BCUT2D eigenvalue weighted by molar-refractivity contribution is 7.18. The maximum absolute atomic E-state index is 13.4. The van der Waals surface area contributed by atoms with Crippen LogP contribution in [0, 0.1) is 12.7 Å². The van der Waals surface area contributed by atoms with Crippen molar-refractivity contribution in [1.82, 2.24) is 10.2 Å². The Morgan fingerprint density at radius 1 is 0.971 bits per heavy atom. The fourth-order valence-electron chi connectivity index (χ4n) is 4.04. The molecule has 0 aliphatic carbocycles. The Bertz CT molecular complexity index is 1130. The van der Waals surface area contributed by atoms with Crippen LogP contribution in [0.15, 0.2) is 60.7 Å². The van der Waals surface area contributed by atoms with Gasteiger partial charge in [0.1, 0.15) is 5.82 Å². The smallest absolute Gasteiger partial charge is 0.261 e. The van der Waals surface area contributed by atoms with Gasteiger partial charge in [0, 0.05) is 44.0 Å². The van der Waals surface area contributed by atoms with Gasteiger partial charge in [0.05, 0.1) is 9.88 Å². The molecule has 0 spiro atoms. The second kappa shape index (κ2) is 11.3. The number of hydrogen-bond donors (Lipinski definition) is 2. The average Bonchev–Trinajstić information content (AvgIpc) is 3.22. The Morgan fingerprint density at radius 2 is 1.74 bits per heavy atom. The van der Waals surface area contributed by atoms with Crippen molar-refractivity contribution in [1.29, 1.82) is 0 Å². The molecule has 3 aromatic rings. The van der Waals surface area contributed by atoms with Crippen LogP contribution < -0.4 is 15.5 Å². The van der Waals surface area contributed by atoms with Crippen molar-refractivity contribution in [2.24, 2.45) is 0 Å². The monoisotopic (exact) mass is 480 g/mol. The number of rotatable bonds is 8. The van der Waals surface area contributed by atoms with E-state index in [9.17, 15) is 14.0 Å². The number of carbonyl (C=O) groups excluding carboxylic acids is 2. The van der Waals surface area contributed by atoms with Crippen LogP contribution in [0.3, 0.4) is 0 Å². The molecule has 2 heterocycles. The van der Waals surface area contributed by atoms with Crippen LogP contribution in [0.2, 0.25) is 0 Å². The Labute approximate surface area is 203 Å². The molecule has 1 aromatic heterocycles. The van der Waals surface area contributed by atoms with Crippen LogP contribution in [0.4, 0.5) is 15.1 Å². The maximum atomic E-state index is 13.4. The number of halogens is 1. The third-order valence-electron chi connectivity index (χ3n) is 5.88. The van der Waals surface area contributed by atoms with E-state index in [0.29, 0.717) is 16.4 Å². The zero-order valence-corrected chi connectivity index (χ0v) is 20.0. The zero-order chi connectivity index (χ0) is 23.9. The molecule has 6 nitrogen and oxygen atoms in total. The predicted octanol–water partition coefficient (Wildman–Crippen LogP) is 4.39. The molecule has 2 aromatic carbocycles.